The first-order chi connectivity index (χ1) is 19.6. The van der Waals surface area contributed by atoms with Crippen molar-refractivity contribution >= 4 is 34.5 Å². The van der Waals surface area contributed by atoms with Crippen molar-refractivity contribution in [3.05, 3.63) is 69.6 Å². The highest BCUT2D eigenvalue weighted by atomic mass is 35.5. The molecule has 5 nitrogen and oxygen atoms in total. The average molecular weight is 586 g/mol. The summed E-state index contributed by atoms with van der Waals surface area (Å²) in [4.78, 5) is 12.6. The van der Waals surface area contributed by atoms with Gasteiger partial charge in [-0.05, 0) is 24.6 Å². The fraction of sp³-hybridized carbons (Fsp3) is 0.515. The van der Waals surface area contributed by atoms with Gasteiger partial charge in [0.15, 0.2) is 19.3 Å². The van der Waals surface area contributed by atoms with Crippen LogP contribution in [0, 0.1) is 6.92 Å². The number of benzene rings is 2. The van der Waals surface area contributed by atoms with E-state index in [9.17, 15) is 4.79 Å². The fourth-order valence-electron chi connectivity index (χ4n) is 4.65. The Morgan fingerprint density at radius 2 is 1.57 bits per heavy atom. The molecule has 0 aliphatic carbocycles. The van der Waals surface area contributed by atoms with Crippen LogP contribution in [-0.4, -0.2) is 19.1 Å². The molecular formula is C33H46ClN2O3S+. The van der Waals surface area contributed by atoms with Gasteiger partial charge in [0.25, 0.3) is 5.91 Å². The second-order valence-electron chi connectivity index (χ2n) is 10.4. The van der Waals surface area contributed by atoms with Crippen molar-refractivity contribution in [2.75, 3.05) is 18.5 Å². The largest absolute Gasteiger partial charge is 0.494 e. The third-order valence-corrected chi connectivity index (χ3v) is 8.17. The molecule has 3 aromatic rings. The minimum atomic E-state index is -0.233. The summed E-state index contributed by atoms with van der Waals surface area (Å²) in [5.41, 5.74) is 1.82. The Hall–Kier alpha value is -2.57. The predicted octanol–water partition coefficient (Wildman–Crippen LogP) is 9.14. The second-order valence-corrected chi connectivity index (χ2v) is 11.9. The van der Waals surface area contributed by atoms with Gasteiger partial charge in [0.1, 0.15) is 11.5 Å². The number of anilines is 1. The van der Waals surface area contributed by atoms with E-state index in [4.69, 9.17) is 21.1 Å². The first-order valence-corrected chi connectivity index (χ1v) is 16.2. The van der Waals surface area contributed by atoms with Crippen LogP contribution in [0.2, 0.25) is 5.02 Å². The van der Waals surface area contributed by atoms with E-state index >= 15 is 0 Å². The van der Waals surface area contributed by atoms with Gasteiger partial charge in [-0.1, -0.05) is 119 Å². The number of amides is 1. The molecule has 0 atom stereocenters. The summed E-state index contributed by atoms with van der Waals surface area (Å²) in [7, 11) is 0. The van der Waals surface area contributed by atoms with Crippen LogP contribution in [0.4, 0.5) is 5.69 Å². The van der Waals surface area contributed by atoms with Crippen LogP contribution < -0.4 is 19.4 Å². The summed E-state index contributed by atoms with van der Waals surface area (Å²) in [6.07, 6.45) is 17.9. The van der Waals surface area contributed by atoms with Crippen molar-refractivity contribution in [3.8, 4) is 11.5 Å². The Morgan fingerprint density at radius 1 is 0.900 bits per heavy atom. The van der Waals surface area contributed by atoms with Crippen molar-refractivity contribution in [2.45, 2.75) is 97.4 Å². The molecule has 0 saturated heterocycles. The molecular weight excluding hydrogens is 540 g/mol. The molecule has 1 N–H and O–H groups in total. The number of rotatable bonds is 20. The molecule has 2 aromatic carbocycles. The number of aryl methyl sites for hydroxylation is 1. The van der Waals surface area contributed by atoms with Crippen LogP contribution in [0.5, 0.6) is 11.5 Å². The molecule has 0 aliphatic rings. The van der Waals surface area contributed by atoms with Gasteiger partial charge < -0.3 is 14.8 Å². The van der Waals surface area contributed by atoms with E-state index in [1.165, 1.54) is 75.6 Å². The number of nitrogens with one attached hydrogen (secondary N) is 1. The highest BCUT2D eigenvalue weighted by Crippen LogP contribution is 2.29. The number of thiazole rings is 1. The smallest absolute Gasteiger partial charge is 0.262 e. The lowest BCUT2D eigenvalue weighted by Crippen LogP contribution is -2.34. The van der Waals surface area contributed by atoms with Crippen molar-refractivity contribution in [3.63, 3.8) is 0 Å². The van der Waals surface area contributed by atoms with Gasteiger partial charge in [-0.2, -0.15) is 4.57 Å². The van der Waals surface area contributed by atoms with E-state index in [1.54, 1.807) is 23.5 Å². The number of hydrogen-bond donors (Lipinski definition) is 1. The topological polar surface area (TPSA) is 51.4 Å². The van der Waals surface area contributed by atoms with Gasteiger partial charge in [0, 0.05) is 18.6 Å². The number of carbonyl (C=O) groups is 1. The lowest BCUT2D eigenvalue weighted by Gasteiger charge is -2.12. The zero-order valence-electron chi connectivity index (χ0n) is 24.3. The first kappa shape index (κ1) is 32.0. The van der Waals surface area contributed by atoms with E-state index in [0.29, 0.717) is 23.9 Å². The summed E-state index contributed by atoms with van der Waals surface area (Å²) in [5.74, 6) is 0.954. The molecule has 218 valence electrons. The normalized spacial score (nSPS) is 11.0. The monoisotopic (exact) mass is 585 g/mol. The van der Waals surface area contributed by atoms with Gasteiger partial charge in [0.2, 0.25) is 5.01 Å². The molecule has 0 bridgehead atoms. The average Bonchev–Trinajstić information content (AvgIpc) is 3.35. The number of unbranched alkanes of at least 4 members (excludes halogenated alkanes) is 11. The molecule has 40 heavy (non-hydrogen) atoms. The Balaban J connectivity index is 1.30. The second kappa shape index (κ2) is 18.7. The maximum absolute atomic E-state index is 12.6. The Bertz CT molecular complexity index is 1150. The molecule has 3 rings (SSSR count). The van der Waals surface area contributed by atoms with E-state index < -0.39 is 0 Å². The lowest BCUT2D eigenvalue weighted by atomic mass is 10.1. The highest BCUT2D eigenvalue weighted by Gasteiger charge is 2.14. The van der Waals surface area contributed by atoms with Crippen molar-refractivity contribution in [2.24, 2.45) is 0 Å². The zero-order chi connectivity index (χ0) is 28.4. The summed E-state index contributed by atoms with van der Waals surface area (Å²) in [6.45, 7) is 5.60. The van der Waals surface area contributed by atoms with Crippen LogP contribution in [0.15, 0.2) is 54.0 Å². The molecule has 1 heterocycles. The lowest BCUT2D eigenvalue weighted by molar-refractivity contribution is -0.689. The van der Waals surface area contributed by atoms with E-state index in [1.807, 2.05) is 30.3 Å². The SMILES string of the molecule is CCCCCCCCCCCCCCOc1ccc(OCC(=O)Nc2ccccc2C[n+]2ccsc2C)c(Cl)c1. The van der Waals surface area contributed by atoms with Gasteiger partial charge in [-0.3, -0.25) is 4.79 Å². The minimum Gasteiger partial charge on any atom is -0.494 e. The molecule has 0 aliphatic heterocycles. The number of aromatic nitrogens is 1. The molecule has 1 amide bonds. The molecule has 0 saturated carbocycles. The third-order valence-electron chi connectivity index (χ3n) is 7.04. The predicted molar refractivity (Wildman–Crippen MR) is 167 cm³/mol. The van der Waals surface area contributed by atoms with E-state index in [2.05, 4.69) is 35.3 Å². The zero-order valence-corrected chi connectivity index (χ0v) is 25.8. The van der Waals surface area contributed by atoms with E-state index in [0.717, 1.165) is 23.4 Å². The minimum absolute atomic E-state index is 0.127. The summed E-state index contributed by atoms with van der Waals surface area (Å²) in [5, 5.41) is 6.67. The molecule has 1 aromatic heterocycles. The Morgan fingerprint density at radius 3 is 2.23 bits per heavy atom. The number of halogens is 1. The standard InChI is InChI=1S/C33H45ClN2O3S/c1-3-4-5-6-7-8-9-10-11-12-13-16-22-38-29-19-20-32(30(34)24-29)39-26-33(37)35-31-18-15-14-17-28(31)25-36-21-23-40-27(36)2/h14-15,17-21,23-24H,3-13,16,22,25-26H2,1-2H3/p+1. The van der Waals surface area contributed by atoms with Crippen LogP contribution >= 0.6 is 22.9 Å². The van der Waals surface area contributed by atoms with E-state index in [-0.39, 0.29) is 12.5 Å². The van der Waals surface area contributed by atoms with Gasteiger partial charge in [-0.25, -0.2) is 0 Å². The van der Waals surface area contributed by atoms with Crippen molar-refractivity contribution in [1.29, 1.82) is 0 Å². The number of carbonyl (C=O) groups excluding carboxylic acids is 1. The quantitative estimate of drug-likeness (QED) is 0.106. The molecule has 0 unspecified atom stereocenters. The maximum Gasteiger partial charge on any atom is 0.262 e. The maximum atomic E-state index is 12.6. The number of para-hydroxylation sites is 1. The summed E-state index contributed by atoms with van der Waals surface area (Å²) >= 11 is 8.11. The molecule has 0 radical (unpaired) electrons. The fourth-order valence-corrected chi connectivity index (χ4v) is 5.54. The first-order valence-electron chi connectivity index (χ1n) is 14.9. The molecule has 7 heteroatoms. The van der Waals surface area contributed by atoms with Crippen LogP contribution in [0.1, 0.15) is 94.5 Å². The van der Waals surface area contributed by atoms with Crippen LogP contribution in [0.3, 0.4) is 0 Å². The Kier molecular flexibility index (Phi) is 15.0. The Labute approximate surface area is 249 Å². The van der Waals surface area contributed by atoms with Crippen LogP contribution in [0.25, 0.3) is 0 Å². The summed E-state index contributed by atoms with van der Waals surface area (Å²) < 4.78 is 13.8. The highest BCUT2D eigenvalue weighted by molar-refractivity contribution is 7.09. The van der Waals surface area contributed by atoms with Gasteiger partial charge >= 0.3 is 0 Å². The van der Waals surface area contributed by atoms with Crippen LogP contribution in [-0.2, 0) is 11.3 Å². The number of ether oxygens (including phenoxy) is 2. The molecule has 0 fully saturated rings. The van der Waals surface area contributed by atoms with Crippen molar-refractivity contribution < 1.29 is 18.8 Å². The number of nitrogens with zero attached hydrogens (tertiary/aromatic N) is 1. The van der Waals surface area contributed by atoms with Gasteiger partial charge in [-0.15, -0.1) is 0 Å². The molecule has 0 spiro atoms. The third kappa shape index (κ3) is 11.9. The summed E-state index contributed by atoms with van der Waals surface area (Å²) in [6, 6.07) is 13.2. The van der Waals surface area contributed by atoms with Crippen molar-refractivity contribution in [1.82, 2.24) is 0 Å². The van der Waals surface area contributed by atoms with Gasteiger partial charge in [0.05, 0.1) is 22.7 Å². The number of hydrogen-bond acceptors (Lipinski definition) is 4.